The van der Waals surface area contributed by atoms with Crippen LogP contribution in [0.4, 0.5) is 0 Å². The predicted octanol–water partition coefficient (Wildman–Crippen LogP) is 4.13. The number of nitrogens with zero attached hydrogens (tertiary/aromatic N) is 2. The van der Waals surface area contributed by atoms with Crippen molar-refractivity contribution in [1.82, 2.24) is 4.57 Å². The molecule has 0 amide bonds. The van der Waals surface area contributed by atoms with Gasteiger partial charge in [0.15, 0.2) is 4.80 Å². The molecule has 5 heteroatoms. The summed E-state index contributed by atoms with van der Waals surface area (Å²) in [5, 5.41) is 2.17. The van der Waals surface area contributed by atoms with Crippen LogP contribution in [0.3, 0.4) is 0 Å². The van der Waals surface area contributed by atoms with Crippen LogP contribution in [0, 0.1) is 0 Å². The molecule has 0 unspecified atom stereocenters. The topological polar surface area (TPSA) is 26.5 Å². The third kappa shape index (κ3) is 3.73. The fraction of sp³-hybridized carbons (Fsp3) is 0.400. The lowest BCUT2D eigenvalue weighted by atomic mass is 10.1. The lowest BCUT2D eigenvalue weighted by Crippen LogP contribution is -2.15. The number of rotatable bonds is 5. The minimum absolute atomic E-state index is 0. The van der Waals surface area contributed by atoms with Gasteiger partial charge in [-0.05, 0) is 50.6 Å². The van der Waals surface area contributed by atoms with E-state index in [-0.39, 0.29) is 17.0 Å². The third-order valence-corrected chi connectivity index (χ3v) is 3.77. The van der Waals surface area contributed by atoms with Crippen molar-refractivity contribution in [3.05, 3.63) is 34.4 Å². The number of hydrogen-bond donors (Lipinski definition) is 0. The Morgan fingerprint density at radius 3 is 2.40 bits per heavy atom. The fourth-order valence-corrected chi connectivity index (χ4v) is 3.05. The molecular formula is C15H21BrN2OS. The maximum Gasteiger partial charge on any atom is 0.185 e. The second-order valence-corrected chi connectivity index (χ2v) is 4.92. The molecule has 110 valence electrons. The molecule has 3 nitrogen and oxygen atoms in total. The molecule has 1 aromatic heterocycles. The molecule has 0 radical (unpaired) electrons. The first-order chi connectivity index (χ1) is 9.30. The summed E-state index contributed by atoms with van der Waals surface area (Å²) in [4.78, 5) is 5.62. The van der Waals surface area contributed by atoms with E-state index in [0.29, 0.717) is 6.61 Å². The van der Waals surface area contributed by atoms with Crippen molar-refractivity contribution in [1.29, 1.82) is 0 Å². The molecule has 1 heterocycles. The number of ether oxygens (including phenoxy) is 1. The van der Waals surface area contributed by atoms with Crippen LogP contribution in [0.1, 0.15) is 20.8 Å². The molecular weight excluding hydrogens is 336 g/mol. The Morgan fingerprint density at radius 2 is 1.85 bits per heavy atom. The highest BCUT2D eigenvalue weighted by Gasteiger charge is 2.06. The highest BCUT2D eigenvalue weighted by molar-refractivity contribution is 8.93. The summed E-state index contributed by atoms with van der Waals surface area (Å²) in [6.45, 7) is 8.67. The van der Waals surface area contributed by atoms with E-state index in [1.165, 1.54) is 11.3 Å². The van der Waals surface area contributed by atoms with Gasteiger partial charge in [-0.2, -0.15) is 0 Å². The van der Waals surface area contributed by atoms with Crippen LogP contribution < -0.4 is 9.54 Å². The molecule has 2 rings (SSSR count). The number of hydrogen-bond acceptors (Lipinski definition) is 3. The van der Waals surface area contributed by atoms with Gasteiger partial charge in [0.05, 0.1) is 12.3 Å². The quantitative estimate of drug-likeness (QED) is 0.790. The molecule has 20 heavy (non-hydrogen) atoms. The van der Waals surface area contributed by atoms with Crippen LogP contribution in [-0.2, 0) is 6.54 Å². The zero-order valence-electron chi connectivity index (χ0n) is 12.1. The highest BCUT2D eigenvalue weighted by atomic mass is 79.9. The Kier molecular flexibility index (Phi) is 7.02. The molecule has 0 bridgehead atoms. The zero-order valence-corrected chi connectivity index (χ0v) is 14.7. The summed E-state index contributed by atoms with van der Waals surface area (Å²) in [6.07, 6.45) is 0. The monoisotopic (exact) mass is 356 g/mol. The van der Waals surface area contributed by atoms with E-state index in [4.69, 9.17) is 4.74 Å². The number of benzene rings is 1. The minimum Gasteiger partial charge on any atom is -0.494 e. The molecule has 0 N–H and O–H groups in total. The normalized spacial score (nSPS) is 11.2. The van der Waals surface area contributed by atoms with E-state index in [2.05, 4.69) is 40.9 Å². The Labute approximate surface area is 134 Å². The summed E-state index contributed by atoms with van der Waals surface area (Å²) < 4.78 is 7.73. The molecule has 1 aromatic carbocycles. The van der Waals surface area contributed by atoms with Crippen molar-refractivity contribution in [2.24, 2.45) is 4.99 Å². The van der Waals surface area contributed by atoms with Crippen molar-refractivity contribution in [3.63, 3.8) is 0 Å². The maximum absolute atomic E-state index is 5.47. The van der Waals surface area contributed by atoms with Crippen LogP contribution in [0.2, 0.25) is 0 Å². The molecule has 0 aliphatic heterocycles. The van der Waals surface area contributed by atoms with Crippen LogP contribution in [0.15, 0.2) is 34.6 Å². The van der Waals surface area contributed by atoms with Crippen molar-refractivity contribution in [2.75, 3.05) is 13.2 Å². The first-order valence-corrected chi connectivity index (χ1v) is 7.60. The largest absolute Gasteiger partial charge is 0.494 e. The zero-order chi connectivity index (χ0) is 13.7. The van der Waals surface area contributed by atoms with E-state index in [1.807, 2.05) is 19.1 Å². The molecule has 0 aliphatic rings. The van der Waals surface area contributed by atoms with E-state index < -0.39 is 0 Å². The SMILES string of the molecule is Br.CCN=c1scc(-c2ccc(OCC)cc2)n1CC. The van der Waals surface area contributed by atoms with Gasteiger partial charge >= 0.3 is 0 Å². The molecule has 0 spiro atoms. The van der Waals surface area contributed by atoms with Crippen LogP contribution >= 0.6 is 28.3 Å². The van der Waals surface area contributed by atoms with Crippen LogP contribution in [-0.4, -0.2) is 17.7 Å². The van der Waals surface area contributed by atoms with Crippen LogP contribution in [0.25, 0.3) is 11.3 Å². The standard InChI is InChI=1S/C15H20N2OS.BrH/c1-4-16-15-17(5-2)14(11-19-15)12-7-9-13(10-8-12)18-6-3;/h7-11H,4-6H2,1-3H3;1H. The van der Waals surface area contributed by atoms with Gasteiger partial charge in [-0.1, -0.05) is 0 Å². The van der Waals surface area contributed by atoms with E-state index in [0.717, 1.165) is 23.6 Å². The summed E-state index contributed by atoms with van der Waals surface area (Å²) >= 11 is 1.70. The lowest BCUT2D eigenvalue weighted by Gasteiger charge is -2.07. The Balaban J connectivity index is 0.00000200. The summed E-state index contributed by atoms with van der Waals surface area (Å²) in [7, 11) is 0. The highest BCUT2D eigenvalue weighted by Crippen LogP contribution is 2.23. The average Bonchev–Trinajstić information content (AvgIpc) is 2.83. The first kappa shape index (κ1) is 17.0. The van der Waals surface area contributed by atoms with Crippen molar-refractivity contribution < 1.29 is 4.74 Å². The summed E-state index contributed by atoms with van der Waals surface area (Å²) in [5.41, 5.74) is 2.43. The number of halogens is 1. The van der Waals surface area contributed by atoms with Gasteiger partial charge in [-0.15, -0.1) is 28.3 Å². The van der Waals surface area contributed by atoms with Gasteiger partial charge in [0, 0.05) is 18.5 Å². The summed E-state index contributed by atoms with van der Waals surface area (Å²) in [5.74, 6) is 0.919. The van der Waals surface area contributed by atoms with Gasteiger partial charge in [0.1, 0.15) is 5.75 Å². The third-order valence-electron chi connectivity index (χ3n) is 2.87. The maximum atomic E-state index is 5.47. The Hall–Kier alpha value is -1.07. The van der Waals surface area contributed by atoms with Crippen molar-refractivity contribution >= 4 is 28.3 Å². The van der Waals surface area contributed by atoms with Crippen molar-refractivity contribution in [2.45, 2.75) is 27.3 Å². The van der Waals surface area contributed by atoms with Gasteiger partial charge in [0.25, 0.3) is 0 Å². The first-order valence-electron chi connectivity index (χ1n) is 6.72. The fourth-order valence-electron chi connectivity index (χ4n) is 2.01. The van der Waals surface area contributed by atoms with Gasteiger partial charge in [0.2, 0.25) is 0 Å². The number of thiazole rings is 1. The van der Waals surface area contributed by atoms with E-state index >= 15 is 0 Å². The minimum atomic E-state index is 0. The Bertz CT molecular complexity index is 587. The van der Waals surface area contributed by atoms with Crippen molar-refractivity contribution in [3.8, 4) is 17.0 Å². The lowest BCUT2D eigenvalue weighted by molar-refractivity contribution is 0.340. The molecule has 0 saturated carbocycles. The average molecular weight is 357 g/mol. The second-order valence-electron chi connectivity index (χ2n) is 4.08. The Morgan fingerprint density at radius 1 is 1.15 bits per heavy atom. The van der Waals surface area contributed by atoms with Gasteiger partial charge in [-0.25, -0.2) is 0 Å². The van der Waals surface area contributed by atoms with Gasteiger partial charge < -0.3 is 9.30 Å². The predicted molar refractivity (Wildman–Crippen MR) is 91.0 cm³/mol. The van der Waals surface area contributed by atoms with E-state index in [1.54, 1.807) is 11.3 Å². The molecule has 0 atom stereocenters. The second kappa shape index (κ2) is 8.27. The number of aromatic nitrogens is 1. The molecule has 0 aliphatic carbocycles. The molecule has 2 aromatic rings. The smallest absolute Gasteiger partial charge is 0.185 e. The van der Waals surface area contributed by atoms with Crippen LogP contribution in [0.5, 0.6) is 5.75 Å². The molecule has 0 saturated heterocycles. The van der Waals surface area contributed by atoms with E-state index in [9.17, 15) is 0 Å². The molecule has 0 fully saturated rings. The van der Waals surface area contributed by atoms with Gasteiger partial charge in [-0.3, -0.25) is 4.99 Å². The summed E-state index contributed by atoms with van der Waals surface area (Å²) in [6, 6.07) is 8.25.